The van der Waals surface area contributed by atoms with Crippen molar-refractivity contribution in [3.8, 4) is 0 Å². The van der Waals surface area contributed by atoms with Crippen LogP contribution >= 0.6 is 0 Å². The lowest BCUT2D eigenvalue weighted by molar-refractivity contribution is -0.00219. The number of aliphatic hydroxyl groups excluding tert-OH is 1. The fourth-order valence-electron chi connectivity index (χ4n) is 0.958. The van der Waals surface area contributed by atoms with Crippen molar-refractivity contribution >= 4 is 0 Å². The van der Waals surface area contributed by atoms with Crippen LogP contribution in [-0.2, 0) is 4.74 Å². The minimum Gasteiger partial charge on any atom is -0.395 e. The molecule has 0 radical (unpaired) electrons. The lowest BCUT2D eigenvalue weighted by atomic mass is 10.2. The van der Waals surface area contributed by atoms with Crippen LogP contribution in [0.4, 0.5) is 0 Å². The fraction of sp³-hybridized carbons (Fsp3) is 1.00. The summed E-state index contributed by atoms with van der Waals surface area (Å²) in [5, 5.41) is 12.1. The maximum atomic E-state index is 8.88. The monoisotopic (exact) mass is 189 g/mol. The van der Waals surface area contributed by atoms with E-state index in [-0.39, 0.29) is 18.2 Å². The van der Waals surface area contributed by atoms with Gasteiger partial charge in [-0.3, -0.25) is 0 Å². The lowest BCUT2D eigenvalue weighted by Crippen LogP contribution is -2.35. The maximum Gasteiger partial charge on any atom is 0.0599 e. The van der Waals surface area contributed by atoms with Gasteiger partial charge in [-0.15, -0.1) is 0 Å². The minimum atomic E-state index is -0.0669. The second-order valence-corrected chi connectivity index (χ2v) is 4.20. The van der Waals surface area contributed by atoms with Crippen molar-refractivity contribution in [3.63, 3.8) is 0 Å². The van der Waals surface area contributed by atoms with Crippen LogP contribution in [0.15, 0.2) is 0 Å². The second-order valence-electron chi connectivity index (χ2n) is 4.20. The molecule has 0 aromatic heterocycles. The van der Waals surface area contributed by atoms with E-state index in [1.54, 1.807) is 0 Å². The molecule has 13 heavy (non-hydrogen) atoms. The summed E-state index contributed by atoms with van der Waals surface area (Å²) < 4.78 is 5.52. The van der Waals surface area contributed by atoms with Gasteiger partial charge in [-0.05, 0) is 27.2 Å². The first-order valence-corrected chi connectivity index (χ1v) is 4.97. The third-order valence-corrected chi connectivity index (χ3v) is 1.78. The zero-order chi connectivity index (χ0) is 10.3. The molecule has 0 rings (SSSR count). The van der Waals surface area contributed by atoms with Crippen molar-refractivity contribution in [2.75, 3.05) is 19.8 Å². The predicted molar refractivity (Wildman–Crippen MR) is 54.9 cm³/mol. The number of ether oxygens (including phenoxy) is 1. The highest BCUT2D eigenvalue weighted by Gasteiger charge is 2.09. The Hall–Kier alpha value is -0.120. The maximum absolute atomic E-state index is 8.88. The van der Waals surface area contributed by atoms with Crippen LogP contribution in [0.5, 0.6) is 0 Å². The van der Waals surface area contributed by atoms with E-state index in [4.69, 9.17) is 9.84 Å². The van der Waals surface area contributed by atoms with Crippen LogP contribution in [0.25, 0.3) is 0 Å². The highest BCUT2D eigenvalue weighted by atomic mass is 16.5. The third kappa shape index (κ3) is 8.22. The van der Waals surface area contributed by atoms with Gasteiger partial charge in [-0.2, -0.15) is 0 Å². The summed E-state index contributed by atoms with van der Waals surface area (Å²) in [7, 11) is 0. The van der Waals surface area contributed by atoms with Gasteiger partial charge in [0.1, 0.15) is 0 Å². The molecule has 0 aliphatic carbocycles. The van der Waals surface area contributed by atoms with E-state index in [1.165, 1.54) is 0 Å². The zero-order valence-electron chi connectivity index (χ0n) is 9.26. The molecule has 0 aliphatic heterocycles. The van der Waals surface area contributed by atoms with Crippen molar-refractivity contribution in [3.05, 3.63) is 0 Å². The second kappa shape index (κ2) is 6.35. The Morgan fingerprint density at radius 1 is 1.38 bits per heavy atom. The van der Waals surface area contributed by atoms with Crippen LogP contribution in [0, 0.1) is 0 Å². The Morgan fingerprint density at radius 3 is 2.38 bits per heavy atom. The molecule has 0 amide bonds. The van der Waals surface area contributed by atoms with E-state index in [9.17, 15) is 0 Å². The topological polar surface area (TPSA) is 41.5 Å². The molecule has 3 nitrogen and oxygen atoms in total. The zero-order valence-corrected chi connectivity index (χ0v) is 9.26. The molecular formula is C10H23NO2. The molecule has 0 spiro atoms. The Bertz CT molecular complexity index is 117. The SMILES string of the molecule is CCC(CO)NCCOC(C)(C)C. The predicted octanol–water partition coefficient (Wildman–Crippen LogP) is 1.16. The third-order valence-electron chi connectivity index (χ3n) is 1.78. The van der Waals surface area contributed by atoms with Gasteiger partial charge in [0.2, 0.25) is 0 Å². The molecule has 0 aromatic rings. The average Bonchev–Trinajstić information content (AvgIpc) is 2.03. The van der Waals surface area contributed by atoms with Crippen LogP contribution < -0.4 is 5.32 Å². The molecule has 1 unspecified atom stereocenters. The molecule has 0 aromatic carbocycles. The van der Waals surface area contributed by atoms with Gasteiger partial charge in [0.15, 0.2) is 0 Å². The molecule has 0 saturated carbocycles. The van der Waals surface area contributed by atoms with Crippen LogP contribution in [0.1, 0.15) is 34.1 Å². The molecule has 0 fully saturated rings. The summed E-state index contributed by atoms with van der Waals surface area (Å²) in [5.74, 6) is 0. The smallest absolute Gasteiger partial charge is 0.0599 e. The van der Waals surface area contributed by atoms with E-state index in [0.29, 0.717) is 6.61 Å². The lowest BCUT2D eigenvalue weighted by Gasteiger charge is -2.21. The molecule has 0 saturated heterocycles. The normalized spacial score (nSPS) is 14.5. The number of nitrogens with one attached hydrogen (secondary N) is 1. The molecule has 80 valence electrons. The van der Waals surface area contributed by atoms with Crippen molar-refractivity contribution in [1.29, 1.82) is 0 Å². The van der Waals surface area contributed by atoms with E-state index < -0.39 is 0 Å². The first kappa shape index (κ1) is 12.9. The summed E-state index contributed by atoms with van der Waals surface area (Å²) in [4.78, 5) is 0. The highest BCUT2D eigenvalue weighted by Crippen LogP contribution is 2.05. The van der Waals surface area contributed by atoms with Gasteiger partial charge in [0.25, 0.3) is 0 Å². The van der Waals surface area contributed by atoms with E-state index in [0.717, 1.165) is 13.0 Å². The standard InChI is InChI=1S/C10H23NO2/c1-5-9(8-12)11-6-7-13-10(2,3)4/h9,11-12H,5-8H2,1-4H3. The molecule has 0 aliphatic rings. The summed E-state index contributed by atoms with van der Waals surface area (Å²) in [6.45, 7) is 9.86. The van der Waals surface area contributed by atoms with Crippen molar-refractivity contribution in [2.45, 2.75) is 45.8 Å². The molecular weight excluding hydrogens is 166 g/mol. The highest BCUT2D eigenvalue weighted by molar-refractivity contribution is 4.64. The fourth-order valence-corrected chi connectivity index (χ4v) is 0.958. The van der Waals surface area contributed by atoms with Crippen LogP contribution in [0.2, 0.25) is 0 Å². The van der Waals surface area contributed by atoms with Crippen LogP contribution in [0.3, 0.4) is 0 Å². The van der Waals surface area contributed by atoms with E-state index in [1.807, 2.05) is 20.8 Å². The summed E-state index contributed by atoms with van der Waals surface area (Å²) in [5.41, 5.74) is -0.0669. The Balaban J connectivity index is 3.34. The van der Waals surface area contributed by atoms with Gasteiger partial charge < -0.3 is 15.2 Å². The summed E-state index contributed by atoms with van der Waals surface area (Å²) >= 11 is 0. The Morgan fingerprint density at radius 2 is 2.00 bits per heavy atom. The van der Waals surface area contributed by atoms with Gasteiger partial charge in [-0.1, -0.05) is 6.92 Å². The van der Waals surface area contributed by atoms with Gasteiger partial charge in [0.05, 0.1) is 18.8 Å². The summed E-state index contributed by atoms with van der Waals surface area (Å²) in [6.07, 6.45) is 0.950. The van der Waals surface area contributed by atoms with Crippen molar-refractivity contribution in [1.82, 2.24) is 5.32 Å². The molecule has 3 heteroatoms. The first-order chi connectivity index (χ1) is 5.99. The molecule has 2 N–H and O–H groups in total. The largest absolute Gasteiger partial charge is 0.395 e. The molecule has 1 atom stereocenters. The van der Waals surface area contributed by atoms with Crippen molar-refractivity contribution in [2.24, 2.45) is 0 Å². The first-order valence-electron chi connectivity index (χ1n) is 4.97. The van der Waals surface area contributed by atoms with E-state index in [2.05, 4.69) is 12.2 Å². The number of hydrogen-bond donors (Lipinski definition) is 2. The van der Waals surface area contributed by atoms with Gasteiger partial charge in [0, 0.05) is 12.6 Å². The van der Waals surface area contributed by atoms with Gasteiger partial charge >= 0.3 is 0 Å². The number of aliphatic hydroxyl groups is 1. The van der Waals surface area contributed by atoms with Crippen molar-refractivity contribution < 1.29 is 9.84 Å². The Kier molecular flexibility index (Phi) is 6.29. The average molecular weight is 189 g/mol. The summed E-state index contributed by atoms with van der Waals surface area (Å²) in [6, 6.07) is 0.212. The number of rotatable bonds is 6. The Labute approximate surface area is 81.5 Å². The van der Waals surface area contributed by atoms with Crippen LogP contribution in [-0.4, -0.2) is 36.5 Å². The molecule has 0 bridgehead atoms. The van der Waals surface area contributed by atoms with Gasteiger partial charge in [-0.25, -0.2) is 0 Å². The quantitative estimate of drug-likeness (QED) is 0.616. The van der Waals surface area contributed by atoms with E-state index >= 15 is 0 Å². The number of hydrogen-bond acceptors (Lipinski definition) is 3. The molecule has 0 heterocycles. The minimum absolute atomic E-state index is 0.0669.